The van der Waals surface area contributed by atoms with Gasteiger partial charge in [0.1, 0.15) is 0 Å². The van der Waals surface area contributed by atoms with Crippen LogP contribution in [0.3, 0.4) is 0 Å². The molecule has 64 valence electrons. The number of carbonyl (C=O) groups is 1. The van der Waals surface area contributed by atoms with E-state index in [1.54, 1.807) is 7.05 Å². The van der Waals surface area contributed by atoms with Gasteiger partial charge in [-0.2, -0.15) is 0 Å². The molecule has 3 nitrogen and oxygen atoms in total. The quantitative estimate of drug-likeness (QED) is 0.622. The van der Waals surface area contributed by atoms with Crippen LogP contribution in [0, 0.1) is 0 Å². The van der Waals surface area contributed by atoms with Crippen LogP contribution in [0.4, 0.5) is 0 Å². The lowest BCUT2D eigenvalue weighted by Gasteiger charge is -2.03. The highest BCUT2D eigenvalue weighted by molar-refractivity contribution is 7.80. The molecule has 0 fully saturated rings. The predicted molar refractivity (Wildman–Crippen MR) is 49.3 cm³/mol. The Morgan fingerprint density at radius 1 is 1.55 bits per heavy atom. The van der Waals surface area contributed by atoms with Gasteiger partial charge in [-0.05, 0) is 18.6 Å². The number of hydrogen-bond acceptors (Lipinski definition) is 2. The van der Waals surface area contributed by atoms with Crippen molar-refractivity contribution < 1.29 is 4.79 Å². The first-order valence-corrected chi connectivity index (χ1v) is 4.13. The van der Waals surface area contributed by atoms with Crippen molar-refractivity contribution in [3.63, 3.8) is 0 Å². The van der Waals surface area contributed by atoms with Crippen molar-refractivity contribution >= 4 is 23.2 Å². The Morgan fingerprint density at radius 3 is 2.64 bits per heavy atom. The third-order valence-corrected chi connectivity index (χ3v) is 1.54. The van der Waals surface area contributed by atoms with Gasteiger partial charge in [-0.15, -0.1) is 0 Å². The zero-order valence-electron chi connectivity index (χ0n) is 6.94. The highest BCUT2D eigenvalue weighted by Gasteiger charge is 2.00. The summed E-state index contributed by atoms with van der Waals surface area (Å²) in [6.45, 7) is 2.05. The van der Waals surface area contributed by atoms with Crippen LogP contribution in [-0.4, -0.2) is 18.1 Å². The Morgan fingerprint density at radius 2 is 2.18 bits per heavy atom. The van der Waals surface area contributed by atoms with Crippen molar-refractivity contribution in [3.8, 4) is 0 Å². The first kappa shape index (κ1) is 10.4. The van der Waals surface area contributed by atoms with E-state index in [-0.39, 0.29) is 5.91 Å². The van der Waals surface area contributed by atoms with Crippen LogP contribution >= 0.6 is 12.2 Å². The summed E-state index contributed by atoms with van der Waals surface area (Å²) in [5.74, 6) is -0.00815. The lowest BCUT2D eigenvalue weighted by molar-refractivity contribution is -0.119. The zero-order chi connectivity index (χ0) is 8.69. The van der Waals surface area contributed by atoms with Crippen molar-refractivity contribution in [1.82, 2.24) is 10.6 Å². The third-order valence-electron chi connectivity index (χ3n) is 1.24. The van der Waals surface area contributed by atoms with Gasteiger partial charge in [-0.3, -0.25) is 4.79 Å². The first-order valence-electron chi connectivity index (χ1n) is 3.72. The Balaban J connectivity index is 3.44. The number of carbonyl (C=O) groups excluding carboxylic acids is 1. The highest BCUT2D eigenvalue weighted by atomic mass is 32.1. The molecule has 0 aliphatic rings. The molecule has 0 unspecified atom stereocenters. The lowest BCUT2D eigenvalue weighted by Crippen LogP contribution is -2.36. The molecule has 0 saturated heterocycles. The number of thiocarbonyl (C=S) groups is 1. The van der Waals surface area contributed by atoms with Crippen LogP contribution in [0.1, 0.15) is 26.2 Å². The minimum Gasteiger partial charge on any atom is -0.365 e. The predicted octanol–water partition coefficient (Wildman–Crippen LogP) is 0.797. The van der Waals surface area contributed by atoms with E-state index in [2.05, 4.69) is 10.6 Å². The average Bonchev–Trinajstić information content (AvgIpc) is 2.00. The number of rotatable bonds is 3. The minimum atomic E-state index is -0.00815. The van der Waals surface area contributed by atoms with Gasteiger partial charge in [0.25, 0.3) is 0 Å². The summed E-state index contributed by atoms with van der Waals surface area (Å²) in [4.78, 5) is 10.9. The monoisotopic (exact) mass is 174 g/mol. The van der Waals surface area contributed by atoms with Gasteiger partial charge in [0.05, 0.1) is 0 Å². The molecule has 1 amide bonds. The van der Waals surface area contributed by atoms with Crippen molar-refractivity contribution in [2.45, 2.75) is 26.2 Å². The second-order valence-corrected chi connectivity index (χ2v) is 2.64. The zero-order valence-corrected chi connectivity index (χ0v) is 7.75. The molecule has 2 N–H and O–H groups in total. The van der Waals surface area contributed by atoms with Gasteiger partial charge in [0, 0.05) is 13.5 Å². The fraction of sp³-hybridized carbons (Fsp3) is 0.714. The summed E-state index contributed by atoms with van der Waals surface area (Å²) in [5, 5.41) is 5.61. The minimum absolute atomic E-state index is 0.00815. The largest absolute Gasteiger partial charge is 0.365 e. The normalized spacial score (nSPS) is 8.91. The third kappa shape index (κ3) is 5.79. The second kappa shape index (κ2) is 6.09. The van der Waals surface area contributed by atoms with E-state index in [1.165, 1.54) is 0 Å². The topological polar surface area (TPSA) is 41.1 Å². The van der Waals surface area contributed by atoms with Gasteiger partial charge in [-0.25, -0.2) is 0 Å². The molecule has 0 radical (unpaired) electrons. The number of hydrogen-bond donors (Lipinski definition) is 2. The van der Waals surface area contributed by atoms with Crippen LogP contribution in [0.25, 0.3) is 0 Å². The van der Waals surface area contributed by atoms with Crippen LogP contribution in [0.5, 0.6) is 0 Å². The molecule has 0 spiro atoms. The lowest BCUT2D eigenvalue weighted by atomic mass is 10.2. The van der Waals surface area contributed by atoms with Crippen LogP contribution in [0.15, 0.2) is 0 Å². The highest BCUT2D eigenvalue weighted by Crippen LogP contribution is 1.92. The summed E-state index contributed by atoms with van der Waals surface area (Å²) >= 11 is 4.74. The van der Waals surface area contributed by atoms with Crippen molar-refractivity contribution in [1.29, 1.82) is 0 Å². The second-order valence-electron chi connectivity index (χ2n) is 2.23. The molecule has 4 heteroatoms. The molecule has 0 heterocycles. The maximum absolute atomic E-state index is 10.9. The summed E-state index contributed by atoms with van der Waals surface area (Å²) in [6.07, 6.45) is 2.50. The first-order chi connectivity index (χ1) is 5.20. The van der Waals surface area contributed by atoms with Crippen LogP contribution in [0.2, 0.25) is 0 Å². The molecule has 0 aromatic rings. The van der Waals surface area contributed by atoms with E-state index in [0.29, 0.717) is 11.5 Å². The van der Waals surface area contributed by atoms with E-state index in [0.717, 1.165) is 12.8 Å². The van der Waals surface area contributed by atoms with Crippen molar-refractivity contribution in [3.05, 3.63) is 0 Å². The summed E-state index contributed by atoms with van der Waals surface area (Å²) in [5.41, 5.74) is 0. The Labute approximate surface area is 72.5 Å². The average molecular weight is 174 g/mol. The number of nitrogens with one attached hydrogen (secondary N) is 2. The number of amides is 1. The standard InChI is InChI=1S/C7H14N2OS/c1-3-4-5-6(10)9-7(11)8-2/h3-5H2,1-2H3,(H2,8,9,10,11). The Kier molecular flexibility index (Phi) is 5.74. The van der Waals surface area contributed by atoms with Crippen molar-refractivity contribution in [2.75, 3.05) is 7.05 Å². The molecule has 11 heavy (non-hydrogen) atoms. The fourth-order valence-corrected chi connectivity index (χ4v) is 0.703. The smallest absolute Gasteiger partial charge is 0.226 e. The fourth-order valence-electron chi connectivity index (χ4n) is 0.589. The Bertz CT molecular complexity index is 147. The number of unbranched alkanes of at least 4 members (excludes halogenated alkanes) is 1. The van der Waals surface area contributed by atoms with E-state index in [9.17, 15) is 4.79 Å². The van der Waals surface area contributed by atoms with Crippen LogP contribution in [-0.2, 0) is 4.79 Å². The summed E-state index contributed by atoms with van der Waals surface area (Å²) in [6, 6.07) is 0. The summed E-state index contributed by atoms with van der Waals surface area (Å²) in [7, 11) is 1.68. The molecule has 0 atom stereocenters. The molecule has 0 aromatic heterocycles. The van der Waals surface area contributed by atoms with Gasteiger partial charge < -0.3 is 10.6 Å². The molecule has 0 aromatic carbocycles. The van der Waals surface area contributed by atoms with Gasteiger partial charge in [0.15, 0.2) is 5.11 Å². The molecular weight excluding hydrogens is 160 g/mol. The maximum atomic E-state index is 10.9. The van der Waals surface area contributed by atoms with E-state index < -0.39 is 0 Å². The van der Waals surface area contributed by atoms with E-state index in [4.69, 9.17) is 12.2 Å². The van der Waals surface area contributed by atoms with Gasteiger partial charge in [-0.1, -0.05) is 13.3 Å². The molecule has 0 rings (SSSR count). The SMILES string of the molecule is CCCCC(=O)NC(=S)NC. The van der Waals surface area contributed by atoms with Gasteiger partial charge >= 0.3 is 0 Å². The van der Waals surface area contributed by atoms with Crippen LogP contribution < -0.4 is 10.6 Å². The molecular formula is C7H14N2OS. The molecule has 0 saturated carbocycles. The maximum Gasteiger partial charge on any atom is 0.226 e. The van der Waals surface area contributed by atoms with Gasteiger partial charge in [0.2, 0.25) is 5.91 Å². The molecule has 0 aliphatic carbocycles. The summed E-state index contributed by atoms with van der Waals surface area (Å²) < 4.78 is 0. The Hall–Kier alpha value is -0.640. The van der Waals surface area contributed by atoms with Crippen molar-refractivity contribution in [2.24, 2.45) is 0 Å². The van der Waals surface area contributed by atoms with E-state index in [1.807, 2.05) is 6.92 Å². The molecule has 0 bridgehead atoms. The van der Waals surface area contributed by atoms with E-state index >= 15 is 0 Å². The molecule has 0 aliphatic heterocycles.